The summed E-state index contributed by atoms with van der Waals surface area (Å²) in [5.41, 5.74) is 12.1. The predicted octanol–water partition coefficient (Wildman–Crippen LogP) is 4.66. The molecule has 106 valence electrons. The minimum atomic E-state index is -0.172. The fourth-order valence-corrected chi connectivity index (χ4v) is 2.95. The van der Waals surface area contributed by atoms with Gasteiger partial charge in [0.15, 0.2) is 0 Å². The average molecular weight is 341 g/mol. The Hall–Kier alpha value is -1.71. The quantitative estimate of drug-likeness (QED) is 0.736. The molecule has 0 spiro atoms. The largest absolute Gasteiger partial charge is 0.320 e. The summed E-state index contributed by atoms with van der Waals surface area (Å²) in [7, 11) is 0. The molecule has 0 aliphatic heterocycles. The molecule has 0 aliphatic carbocycles. The zero-order valence-corrected chi connectivity index (χ0v) is 13.7. The van der Waals surface area contributed by atoms with Gasteiger partial charge in [-0.25, -0.2) is 0 Å². The van der Waals surface area contributed by atoms with Crippen LogP contribution in [0, 0.1) is 13.8 Å². The first-order chi connectivity index (χ1) is 10.1. The van der Waals surface area contributed by atoms with Crippen molar-refractivity contribution in [2.24, 2.45) is 5.73 Å². The van der Waals surface area contributed by atoms with Crippen LogP contribution in [0.5, 0.6) is 0 Å². The van der Waals surface area contributed by atoms with Crippen molar-refractivity contribution in [3.63, 3.8) is 0 Å². The smallest absolute Gasteiger partial charge is 0.0753 e. The van der Waals surface area contributed by atoms with E-state index in [1.54, 1.807) is 0 Å². The summed E-state index contributed by atoms with van der Waals surface area (Å²) in [6, 6.07) is 14.3. The lowest BCUT2D eigenvalue weighted by Crippen LogP contribution is -2.13. The molecule has 0 saturated heterocycles. The van der Waals surface area contributed by atoms with E-state index < -0.39 is 0 Å². The van der Waals surface area contributed by atoms with Gasteiger partial charge in [0.1, 0.15) is 0 Å². The van der Waals surface area contributed by atoms with Crippen LogP contribution in [0.2, 0.25) is 0 Å². The number of halogens is 1. The molecule has 1 aromatic heterocycles. The van der Waals surface area contributed by atoms with Gasteiger partial charge >= 0.3 is 0 Å². The van der Waals surface area contributed by atoms with Crippen molar-refractivity contribution in [1.29, 1.82) is 0 Å². The van der Waals surface area contributed by atoms with E-state index in [0.717, 1.165) is 26.5 Å². The zero-order valence-electron chi connectivity index (χ0n) is 12.1. The third-order valence-corrected chi connectivity index (χ3v) is 5.07. The number of fused-ring (bicyclic) bond motifs is 1. The summed E-state index contributed by atoms with van der Waals surface area (Å²) in [6.07, 6.45) is 1.82. The van der Waals surface area contributed by atoms with Gasteiger partial charge in [-0.3, -0.25) is 4.98 Å². The van der Waals surface area contributed by atoms with E-state index in [4.69, 9.17) is 5.73 Å². The number of hydrogen-bond acceptors (Lipinski definition) is 2. The lowest BCUT2D eigenvalue weighted by molar-refractivity contribution is 0.872. The van der Waals surface area contributed by atoms with E-state index in [2.05, 4.69) is 65.1 Å². The van der Waals surface area contributed by atoms with Gasteiger partial charge in [0.05, 0.1) is 11.6 Å². The molecule has 3 rings (SSSR count). The summed E-state index contributed by atoms with van der Waals surface area (Å²) in [5, 5.41) is 1.12. The van der Waals surface area contributed by atoms with Crippen molar-refractivity contribution < 1.29 is 0 Å². The summed E-state index contributed by atoms with van der Waals surface area (Å²) >= 11 is 3.61. The molecule has 2 N–H and O–H groups in total. The van der Waals surface area contributed by atoms with E-state index in [1.165, 1.54) is 11.1 Å². The Balaban J connectivity index is 2.15. The molecule has 1 unspecified atom stereocenters. The second-order valence-corrected chi connectivity index (χ2v) is 6.16. The van der Waals surface area contributed by atoms with E-state index >= 15 is 0 Å². The van der Waals surface area contributed by atoms with Crippen LogP contribution in [-0.4, -0.2) is 4.98 Å². The number of pyridine rings is 1. The second-order valence-electron chi connectivity index (χ2n) is 5.37. The van der Waals surface area contributed by atoms with Gasteiger partial charge < -0.3 is 5.73 Å². The molecule has 21 heavy (non-hydrogen) atoms. The molecular formula is C18H17BrN2. The predicted molar refractivity (Wildman–Crippen MR) is 91.4 cm³/mol. The van der Waals surface area contributed by atoms with E-state index in [0.29, 0.717) is 0 Å². The highest BCUT2D eigenvalue weighted by Crippen LogP contribution is 2.30. The monoisotopic (exact) mass is 340 g/mol. The Bertz CT molecular complexity index is 783. The number of para-hydroxylation sites is 1. The molecule has 2 aromatic carbocycles. The van der Waals surface area contributed by atoms with Gasteiger partial charge in [-0.2, -0.15) is 0 Å². The minimum Gasteiger partial charge on any atom is -0.320 e. The Morgan fingerprint density at radius 1 is 1.05 bits per heavy atom. The normalized spacial score (nSPS) is 12.6. The molecule has 0 amide bonds. The zero-order chi connectivity index (χ0) is 15.0. The molecule has 1 atom stereocenters. The standard InChI is InChI=1S/C18H17BrN2/c1-11-9-14(10-12(2)16(11)19)17(20)15-7-3-5-13-6-4-8-21-18(13)15/h3-10,17H,20H2,1-2H3. The molecule has 0 aliphatic rings. The first-order valence-electron chi connectivity index (χ1n) is 6.94. The van der Waals surface area contributed by atoms with Crippen molar-refractivity contribution in [2.45, 2.75) is 19.9 Å². The number of hydrogen-bond donors (Lipinski definition) is 1. The van der Waals surface area contributed by atoms with Crippen molar-refractivity contribution in [2.75, 3.05) is 0 Å². The van der Waals surface area contributed by atoms with Crippen LogP contribution in [-0.2, 0) is 0 Å². The first kappa shape index (κ1) is 14.2. The summed E-state index contributed by atoms with van der Waals surface area (Å²) in [6.45, 7) is 4.18. The molecule has 0 bridgehead atoms. The van der Waals surface area contributed by atoms with Crippen LogP contribution < -0.4 is 5.73 Å². The Morgan fingerprint density at radius 2 is 1.71 bits per heavy atom. The van der Waals surface area contributed by atoms with Crippen molar-refractivity contribution >= 4 is 26.8 Å². The first-order valence-corrected chi connectivity index (χ1v) is 7.73. The van der Waals surface area contributed by atoms with Crippen LogP contribution in [0.25, 0.3) is 10.9 Å². The number of nitrogens with zero attached hydrogens (tertiary/aromatic N) is 1. The molecule has 3 heteroatoms. The van der Waals surface area contributed by atoms with E-state index in [1.807, 2.05) is 18.3 Å². The highest BCUT2D eigenvalue weighted by molar-refractivity contribution is 9.10. The van der Waals surface area contributed by atoms with Crippen molar-refractivity contribution in [1.82, 2.24) is 4.98 Å². The van der Waals surface area contributed by atoms with E-state index in [9.17, 15) is 0 Å². The molecule has 0 saturated carbocycles. The molecular weight excluding hydrogens is 324 g/mol. The summed E-state index contributed by atoms with van der Waals surface area (Å²) < 4.78 is 1.15. The van der Waals surface area contributed by atoms with Crippen LogP contribution in [0.4, 0.5) is 0 Å². The van der Waals surface area contributed by atoms with Gasteiger partial charge in [-0.05, 0) is 42.2 Å². The third-order valence-electron chi connectivity index (χ3n) is 3.82. The topological polar surface area (TPSA) is 38.9 Å². The summed E-state index contributed by atoms with van der Waals surface area (Å²) in [4.78, 5) is 4.50. The number of nitrogens with two attached hydrogens (primary N) is 1. The molecule has 2 nitrogen and oxygen atoms in total. The highest BCUT2D eigenvalue weighted by Gasteiger charge is 2.14. The number of rotatable bonds is 2. The fraction of sp³-hybridized carbons (Fsp3) is 0.167. The maximum Gasteiger partial charge on any atom is 0.0753 e. The average Bonchev–Trinajstić information content (AvgIpc) is 2.51. The van der Waals surface area contributed by atoms with Gasteiger partial charge in [0.2, 0.25) is 0 Å². The Labute approximate surface area is 133 Å². The van der Waals surface area contributed by atoms with Gasteiger partial charge in [-0.15, -0.1) is 0 Å². The number of aryl methyl sites for hydroxylation is 2. The SMILES string of the molecule is Cc1cc(C(N)c2cccc3cccnc23)cc(C)c1Br. The molecule has 0 fully saturated rings. The highest BCUT2D eigenvalue weighted by atomic mass is 79.9. The second kappa shape index (κ2) is 5.58. The van der Waals surface area contributed by atoms with Gasteiger partial charge in [0.25, 0.3) is 0 Å². The number of aromatic nitrogens is 1. The molecule has 3 aromatic rings. The minimum absolute atomic E-state index is 0.172. The third kappa shape index (κ3) is 2.59. The van der Waals surface area contributed by atoms with E-state index in [-0.39, 0.29) is 6.04 Å². The lowest BCUT2D eigenvalue weighted by Gasteiger charge is -2.17. The Morgan fingerprint density at radius 3 is 2.43 bits per heavy atom. The van der Waals surface area contributed by atoms with Crippen molar-refractivity contribution in [3.8, 4) is 0 Å². The van der Waals surface area contributed by atoms with Gasteiger partial charge in [-0.1, -0.05) is 52.3 Å². The van der Waals surface area contributed by atoms with Gasteiger partial charge in [0, 0.05) is 16.1 Å². The molecule has 1 heterocycles. The fourth-order valence-electron chi connectivity index (χ4n) is 2.72. The van der Waals surface area contributed by atoms with Crippen LogP contribution in [0.3, 0.4) is 0 Å². The van der Waals surface area contributed by atoms with Crippen LogP contribution in [0.15, 0.2) is 53.1 Å². The van der Waals surface area contributed by atoms with Crippen molar-refractivity contribution in [3.05, 3.63) is 75.4 Å². The maximum atomic E-state index is 6.51. The lowest BCUT2D eigenvalue weighted by atomic mass is 9.94. The molecule has 0 radical (unpaired) electrons. The van der Waals surface area contributed by atoms with Crippen LogP contribution >= 0.6 is 15.9 Å². The summed E-state index contributed by atoms with van der Waals surface area (Å²) in [5.74, 6) is 0. The van der Waals surface area contributed by atoms with Crippen LogP contribution in [0.1, 0.15) is 28.3 Å². The maximum absolute atomic E-state index is 6.51. The Kier molecular flexibility index (Phi) is 3.79. The number of benzene rings is 2.